The third kappa shape index (κ3) is 3.33. The Kier molecular flexibility index (Phi) is 4.79. The van der Waals surface area contributed by atoms with Crippen LogP contribution in [0.4, 0.5) is 0 Å². The van der Waals surface area contributed by atoms with Gasteiger partial charge in [-0.25, -0.2) is 0 Å². The highest BCUT2D eigenvalue weighted by Crippen LogP contribution is 2.21. The Labute approximate surface area is 111 Å². The molecule has 2 rings (SSSR count). The van der Waals surface area contributed by atoms with E-state index in [0.29, 0.717) is 6.04 Å². The van der Waals surface area contributed by atoms with Crippen LogP contribution in [0.25, 0.3) is 0 Å². The quantitative estimate of drug-likeness (QED) is 0.879. The van der Waals surface area contributed by atoms with Crippen LogP contribution in [0.1, 0.15) is 30.9 Å². The summed E-state index contributed by atoms with van der Waals surface area (Å²) in [4.78, 5) is 2.61. The molecule has 2 unspecified atom stereocenters. The van der Waals surface area contributed by atoms with E-state index in [0.717, 1.165) is 12.5 Å². The van der Waals surface area contributed by atoms with E-state index in [-0.39, 0.29) is 0 Å². The molecule has 1 aromatic rings. The summed E-state index contributed by atoms with van der Waals surface area (Å²) in [5, 5.41) is 3.47. The second-order valence-electron chi connectivity index (χ2n) is 5.58. The summed E-state index contributed by atoms with van der Waals surface area (Å²) in [6, 6.07) is 9.61. The Bertz CT molecular complexity index is 375. The van der Waals surface area contributed by atoms with Crippen molar-refractivity contribution in [2.75, 3.05) is 20.1 Å². The van der Waals surface area contributed by atoms with Crippen molar-refractivity contribution in [3.8, 4) is 0 Å². The average Bonchev–Trinajstić information content (AvgIpc) is 2.38. The highest BCUT2D eigenvalue weighted by atomic mass is 15.1. The summed E-state index contributed by atoms with van der Waals surface area (Å²) < 4.78 is 0. The zero-order valence-electron chi connectivity index (χ0n) is 11.9. The second-order valence-corrected chi connectivity index (χ2v) is 5.58. The minimum atomic E-state index is 0.712. The van der Waals surface area contributed by atoms with Crippen LogP contribution in [0.2, 0.25) is 0 Å². The largest absolute Gasteiger partial charge is 0.317 e. The van der Waals surface area contributed by atoms with Crippen LogP contribution in [0.3, 0.4) is 0 Å². The van der Waals surface area contributed by atoms with E-state index in [1.165, 1.54) is 37.1 Å². The second kappa shape index (κ2) is 6.35. The highest BCUT2D eigenvalue weighted by Gasteiger charge is 2.26. The molecule has 2 atom stereocenters. The van der Waals surface area contributed by atoms with E-state index in [9.17, 15) is 0 Å². The fourth-order valence-electron chi connectivity index (χ4n) is 3.11. The van der Waals surface area contributed by atoms with Gasteiger partial charge in [-0.05, 0) is 38.4 Å². The minimum absolute atomic E-state index is 0.712. The monoisotopic (exact) mass is 246 g/mol. The molecular formula is C16H26N2. The Morgan fingerprint density at radius 2 is 2.22 bits per heavy atom. The molecule has 2 nitrogen and oxygen atoms in total. The topological polar surface area (TPSA) is 15.3 Å². The van der Waals surface area contributed by atoms with Gasteiger partial charge in [0, 0.05) is 19.1 Å². The number of hydrogen-bond donors (Lipinski definition) is 1. The van der Waals surface area contributed by atoms with Crippen LogP contribution in [-0.4, -0.2) is 31.1 Å². The van der Waals surface area contributed by atoms with Crippen molar-refractivity contribution in [1.82, 2.24) is 10.2 Å². The molecule has 0 saturated carbocycles. The fraction of sp³-hybridized carbons (Fsp3) is 0.625. The number of nitrogens with zero attached hydrogens (tertiary/aromatic N) is 1. The third-order valence-electron chi connectivity index (χ3n) is 4.20. The van der Waals surface area contributed by atoms with Gasteiger partial charge in [0.1, 0.15) is 0 Å². The van der Waals surface area contributed by atoms with Gasteiger partial charge >= 0.3 is 0 Å². The molecule has 1 aromatic carbocycles. The van der Waals surface area contributed by atoms with Gasteiger partial charge in [0.05, 0.1) is 0 Å². The lowest BCUT2D eigenvalue weighted by Crippen LogP contribution is -2.47. The van der Waals surface area contributed by atoms with E-state index >= 15 is 0 Å². The van der Waals surface area contributed by atoms with Crippen LogP contribution >= 0.6 is 0 Å². The van der Waals surface area contributed by atoms with E-state index < -0.39 is 0 Å². The van der Waals surface area contributed by atoms with E-state index in [1.807, 2.05) is 0 Å². The predicted octanol–water partition coefficient (Wildman–Crippen LogP) is 2.81. The maximum absolute atomic E-state index is 3.47. The number of hydrogen-bond acceptors (Lipinski definition) is 2. The summed E-state index contributed by atoms with van der Waals surface area (Å²) in [5.41, 5.74) is 2.82. The standard InChI is InChI=1S/C16H26N2/c1-4-15-12-18(9-8-16(15)17-3)11-14-7-5-6-13(2)10-14/h5-7,10,15-17H,4,8-9,11-12H2,1-3H3. The Morgan fingerprint density at radius 3 is 2.89 bits per heavy atom. The van der Waals surface area contributed by atoms with E-state index in [4.69, 9.17) is 0 Å². The van der Waals surface area contributed by atoms with Gasteiger partial charge in [0.2, 0.25) is 0 Å². The molecule has 1 aliphatic heterocycles. The van der Waals surface area contributed by atoms with Crippen LogP contribution in [0, 0.1) is 12.8 Å². The molecule has 1 heterocycles. The molecule has 1 N–H and O–H groups in total. The first-order valence-corrected chi connectivity index (χ1v) is 7.18. The summed E-state index contributed by atoms with van der Waals surface area (Å²) >= 11 is 0. The van der Waals surface area contributed by atoms with Gasteiger partial charge in [0.25, 0.3) is 0 Å². The van der Waals surface area contributed by atoms with Crippen molar-refractivity contribution in [2.45, 2.75) is 39.3 Å². The average molecular weight is 246 g/mol. The number of nitrogens with one attached hydrogen (secondary N) is 1. The van der Waals surface area contributed by atoms with Gasteiger partial charge < -0.3 is 5.32 Å². The van der Waals surface area contributed by atoms with Crippen LogP contribution in [0.5, 0.6) is 0 Å². The maximum atomic E-state index is 3.47. The van der Waals surface area contributed by atoms with Gasteiger partial charge in [-0.3, -0.25) is 4.90 Å². The van der Waals surface area contributed by atoms with Gasteiger partial charge in [0.15, 0.2) is 0 Å². The lowest BCUT2D eigenvalue weighted by molar-refractivity contribution is 0.132. The molecule has 0 bridgehead atoms. The molecule has 1 aliphatic rings. The summed E-state index contributed by atoms with van der Waals surface area (Å²) in [6.45, 7) is 8.04. The zero-order valence-corrected chi connectivity index (χ0v) is 11.9. The summed E-state index contributed by atoms with van der Waals surface area (Å²) in [6.07, 6.45) is 2.55. The Balaban J connectivity index is 1.95. The number of benzene rings is 1. The number of aryl methyl sites for hydroxylation is 1. The summed E-state index contributed by atoms with van der Waals surface area (Å²) in [7, 11) is 2.10. The molecule has 2 heteroatoms. The Hall–Kier alpha value is -0.860. The highest BCUT2D eigenvalue weighted by molar-refractivity contribution is 5.22. The molecule has 18 heavy (non-hydrogen) atoms. The molecular weight excluding hydrogens is 220 g/mol. The van der Waals surface area contributed by atoms with E-state index in [2.05, 4.69) is 55.4 Å². The van der Waals surface area contributed by atoms with Crippen LogP contribution in [0.15, 0.2) is 24.3 Å². The normalized spacial score (nSPS) is 25.3. The molecule has 1 fully saturated rings. The first-order valence-electron chi connectivity index (χ1n) is 7.18. The lowest BCUT2D eigenvalue weighted by Gasteiger charge is -2.38. The third-order valence-corrected chi connectivity index (χ3v) is 4.20. The van der Waals surface area contributed by atoms with Crippen molar-refractivity contribution in [3.05, 3.63) is 35.4 Å². The summed E-state index contributed by atoms with van der Waals surface area (Å²) in [5.74, 6) is 0.800. The molecule has 100 valence electrons. The molecule has 0 spiro atoms. The molecule has 0 radical (unpaired) electrons. The van der Waals surface area contributed by atoms with E-state index in [1.54, 1.807) is 0 Å². The molecule has 0 aromatic heterocycles. The van der Waals surface area contributed by atoms with Crippen molar-refractivity contribution < 1.29 is 0 Å². The SMILES string of the molecule is CCC1CN(Cc2cccc(C)c2)CCC1NC. The zero-order chi connectivity index (χ0) is 13.0. The van der Waals surface area contributed by atoms with Crippen LogP contribution in [-0.2, 0) is 6.54 Å². The van der Waals surface area contributed by atoms with Gasteiger partial charge in [-0.2, -0.15) is 0 Å². The van der Waals surface area contributed by atoms with Crippen molar-refractivity contribution in [3.63, 3.8) is 0 Å². The number of piperidine rings is 1. The van der Waals surface area contributed by atoms with Crippen molar-refractivity contribution in [2.24, 2.45) is 5.92 Å². The molecule has 0 aliphatic carbocycles. The lowest BCUT2D eigenvalue weighted by atomic mass is 9.90. The predicted molar refractivity (Wildman–Crippen MR) is 77.7 cm³/mol. The maximum Gasteiger partial charge on any atom is 0.0233 e. The first-order chi connectivity index (χ1) is 8.72. The Morgan fingerprint density at radius 1 is 1.39 bits per heavy atom. The molecule has 0 amide bonds. The van der Waals surface area contributed by atoms with Crippen LogP contribution < -0.4 is 5.32 Å². The fourth-order valence-corrected chi connectivity index (χ4v) is 3.11. The smallest absolute Gasteiger partial charge is 0.0233 e. The first kappa shape index (κ1) is 13.6. The van der Waals surface area contributed by atoms with Crippen molar-refractivity contribution in [1.29, 1.82) is 0 Å². The number of likely N-dealkylation sites (tertiary alicyclic amines) is 1. The molecule has 1 saturated heterocycles. The van der Waals surface area contributed by atoms with Gasteiger partial charge in [-0.1, -0.05) is 43.2 Å². The van der Waals surface area contributed by atoms with Gasteiger partial charge in [-0.15, -0.1) is 0 Å². The number of rotatable bonds is 4. The minimum Gasteiger partial charge on any atom is -0.317 e. The van der Waals surface area contributed by atoms with Crippen molar-refractivity contribution >= 4 is 0 Å².